The SMILES string of the molecule is O=S(=O)(NCCn1cncn1)c1ccc(Cl)cc1. The minimum absolute atomic E-state index is 0.186. The van der Waals surface area contributed by atoms with Crippen LogP contribution in [-0.4, -0.2) is 29.7 Å². The van der Waals surface area contributed by atoms with E-state index in [-0.39, 0.29) is 11.4 Å². The van der Waals surface area contributed by atoms with Gasteiger partial charge in [-0.2, -0.15) is 5.10 Å². The lowest BCUT2D eigenvalue weighted by Gasteiger charge is -2.06. The molecule has 0 bridgehead atoms. The summed E-state index contributed by atoms with van der Waals surface area (Å²) in [6.07, 6.45) is 2.92. The standard InChI is InChI=1S/C10H11ClN4O2S/c11-9-1-3-10(4-2-9)18(16,17)14-5-6-15-8-12-7-13-15/h1-4,7-8,14H,5-6H2. The summed E-state index contributed by atoms with van der Waals surface area (Å²) in [5.74, 6) is 0. The number of rotatable bonds is 5. The van der Waals surface area contributed by atoms with Gasteiger partial charge in [-0.25, -0.2) is 18.1 Å². The van der Waals surface area contributed by atoms with E-state index in [0.29, 0.717) is 11.6 Å². The summed E-state index contributed by atoms with van der Waals surface area (Å²) in [4.78, 5) is 3.95. The van der Waals surface area contributed by atoms with Crippen LogP contribution in [0.2, 0.25) is 5.02 Å². The first-order valence-electron chi connectivity index (χ1n) is 5.15. The van der Waals surface area contributed by atoms with Crippen LogP contribution < -0.4 is 4.72 Å². The summed E-state index contributed by atoms with van der Waals surface area (Å²) < 4.78 is 27.8. The Morgan fingerprint density at radius 3 is 2.61 bits per heavy atom. The maximum atomic E-state index is 11.9. The first-order chi connectivity index (χ1) is 8.58. The molecule has 0 radical (unpaired) electrons. The second-order valence-corrected chi connectivity index (χ2v) is 5.71. The Bertz CT molecular complexity index is 595. The lowest BCUT2D eigenvalue weighted by Crippen LogP contribution is -2.27. The largest absolute Gasteiger partial charge is 0.252 e. The summed E-state index contributed by atoms with van der Waals surface area (Å²) in [7, 11) is -3.50. The zero-order chi connectivity index (χ0) is 13.0. The Hall–Kier alpha value is -1.44. The topological polar surface area (TPSA) is 76.9 Å². The van der Waals surface area contributed by atoms with Crippen LogP contribution in [0.15, 0.2) is 41.8 Å². The predicted molar refractivity (Wildman–Crippen MR) is 66.7 cm³/mol. The van der Waals surface area contributed by atoms with Gasteiger partial charge in [-0.1, -0.05) is 11.6 Å². The van der Waals surface area contributed by atoms with Gasteiger partial charge in [0.15, 0.2) is 0 Å². The van der Waals surface area contributed by atoms with Crippen molar-refractivity contribution in [3.8, 4) is 0 Å². The van der Waals surface area contributed by atoms with Crippen LogP contribution in [0.4, 0.5) is 0 Å². The summed E-state index contributed by atoms with van der Waals surface area (Å²) in [5.41, 5.74) is 0. The van der Waals surface area contributed by atoms with Crippen LogP contribution in [0.3, 0.4) is 0 Å². The van der Waals surface area contributed by atoms with E-state index < -0.39 is 10.0 Å². The maximum absolute atomic E-state index is 11.9. The molecule has 8 heteroatoms. The van der Waals surface area contributed by atoms with Crippen LogP contribution in [0.5, 0.6) is 0 Å². The highest BCUT2D eigenvalue weighted by Crippen LogP contribution is 2.13. The van der Waals surface area contributed by atoms with Crippen LogP contribution in [0.1, 0.15) is 0 Å². The molecule has 2 aromatic rings. The molecule has 1 aromatic carbocycles. The first kappa shape index (κ1) is 13.0. The molecule has 96 valence electrons. The van der Waals surface area contributed by atoms with Crippen LogP contribution in [0.25, 0.3) is 0 Å². The van der Waals surface area contributed by atoms with Gasteiger partial charge in [-0.15, -0.1) is 0 Å². The van der Waals surface area contributed by atoms with Crippen molar-refractivity contribution in [1.82, 2.24) is 19.5 Å². The average Bonchev–Trinajstić information content (AvgIpc) is 2.82. The molecule has 1 N–H and O–H groups in total. The molecule has 0 unspecified atom stereocenters. The molecular weight excluding hydrogens is 276 g/mol. The highest BCUT2D eigenvalue weighted by Gasteiger charge is 2.12. The molecule has 0 atom stereocenters. The minimum atomic E-state index is -3.50. The third-order valence-electron chi connectivity index (χ3n) is 2.22. The Kier molecular flexibility index (Phi) is 3.95. The highest BCUT2D eigenvalue weighted by molar-refractivity contribution is 7.89. The normalized spacial score (nSPS) is 11.6. The second kappa shape index (κ2) is 5.47. The number of nitrogens with one attached hydrogen (secondary N) is 1. The van der Waals surface area contributed by atoms with Crippen molar-refractivity contribution in [1.29, 1.82) is 0 Å². The smallest absolute Gasteiger partial charge is 0.240 e. The van der Waals surface area contributed by atoms with Gasteiger partial charge in [0, 0.05) is 11.6 Å². The predicted octanol–water partition coefficient (Wildman–Crippen LogP) is 0.910. The molecule has 18 heavy (non-hydrogen) atoms. The van der Waals surface area contributed by atoms with E-state index in [9.17, 15) is 8.42 Å². The van der Waals surface area contributed by atoms with Crippen molar-refractivity contribution >= 4 is 21.6 Å². The van der Waals surface area contributed by atoms with E-state index in [1.165, 1.54) is 36.9 Å². The molecule has 0 aliphatic carbocycles. The number of hydrogen-bond acceptors (Lipinski definition) is 4. The van der Waals surface area contributed by atoms with Crippen molar-refractivity contribution in [3.05, 3.63) is 41.9 Å². The lowest BCUT2D eigenvalue weighted by molar-refractivity contribution is 0.560. The molecule has 0 aliphatic rings. The van der Waals surface area contributed by atoms with Gasteiger partial charge in [0.1, 0.15) is 12.7 Å². The number of benzene rings is 1. The minimum Gasteiger partial charge on any atom is -0.252 e. The Labute approximate surface area is 110 Å². The monoisotopic (exact) mass is 286 g/mol. The summed E-state index contributed by atoms with van der Waals surface area (Å²) in [5, 5.41) is 4.37. The van der Waals surface area contributed by atoms with E-state index >= 15 is 0 Å². The van der Waals surface area contributed by atoms with E-state index in [0.717, 1.165) is 0 Å². The van der Waals surface area contributed by atoms with E-state index in [2.05, 4.69) is 14.8 Å². The molecule has 1 heterocycles. The van der Waals surface area contributed by atoms with Gasteiger partial charge in [0.05, 0.1) is 11.4 Å². The van der Waals surface area contributed by atoms with Crippen molar-refractivity contribution in [2.45, 2.75) is 11.4 Å². The molecule has 0 saturated heterocycles. The molecule has 0 fully saturated rings. The summed E-state index contributed by atoms with van der Waals surface area (Å²) >= 11 is 5.70. The quantitative estimate of drug-likeness (QED) is 0.886. The highest BCUT2D eigenvalue weighted by atomic mass is 35.5. The fourth-order valence-corrected chi connectivity index (χ4v) is 2.49. The van der Waals surface area contributed by atoms with E-state index in [4.69, 9.17) is 11.6 Å². The molecule has 0 aliphatic heterocycles. The van der Waals surface area contributed by atoms with Gasteiger partial charge in [0.25, 0.3) is 0 Å². The van der Waals surface area contributed by atoms with Gasteiger partial charge in [-0.3, -0.25) is 4.68 Å². The Balaban J connectivity index is 1.97. The maximum Gasteiger partial charge on any atom is 0.240 e. The lowest BCUT2D eigenvalue weighted by atomic mass is 10.4. The molecule has 0 spiro atoms. The molecule has 1 aromatic heterocycles. The Morgan fingerprint density at radius 1 is 1.28 bits per heavy atom. The van der Waals surface area contributed by atoms with Crippen molar-refractivity contribution in [2.24, 2.45) is 0 Å². The van der Waals surface area contributed by atoms with Crippen LogP contribution in [0, 0.1) is 0 Å². The summed E-state index contributed by atoms with van der Waals surface area (Å²) in [6.45, 7) is 0.668. The van der Waals surface area contributed by atoms with Gasteiger partial charge in [0.2, 0.25) is 10.0 Å². The van der Waals surface area contributed by atoms with Crippen molar-refractivity contribution in [3.63, 3.8) is 0 Å². The van der Waals surface area contributed by atoms with Gasteiger partial charge >= 0.3 is 0 Å². The van der Waals surface area contributed by atoms with Crippen molar-refractivity contribution in [2.75, 3.05) is 6.54 Å². The fourth-order valence-electron chi connectivity index (χ4n) is 1.34. The molecular formula is C10H11ClN4O2S. The summed E-state index contributed by atoms with van der Waals surface area (Å²) in [6, 6.07) is 5.99. The average molecular weight is 287 g/mol. The van der Waals surface area contributed by atoms with Gasteiger partial charge < -0.3 is 0 Å². The number of sulfonamides is 1. The zero-order valence-corrected chi connectivity index (χ0v) is 10.9. The fraction of sp³-hybridized carbons (Fsp3) is 0.200. The first-order valence-corrected chi connectivity index (χ1v) is 7.02. The van der Waals surface area contributed by atoms with Gasteiger partial charge in [-0.05, 0) is 24.3 Å². The third-order valence-corrected chi connectivity index (χ3v) is 3.95. The molecule has 6 nitrogen and oxygen atoms in total. The number of aromatic nitrogens is 3. The van der Waals surface area contributed by atoms with E-state index in [1.54, 1.807) is 4.68 Å². The van der Waals surface area contributed by atoms with Crippen molar-refractivity contribution < 1.29 is 8.42 Å². The Morgan fingerprint density at radius 2 is 2.00 bits per heavy atom. The molecule has 0 amide bonds. The number of halogens is 1. The second-order valence-electron chi connectivity index (χ2n) is 3.51. The molecule has 0 saturated carbocycles. The zero-order valence-electron chi connectivity index (χ0n) is 9.32. The van der Waals surface area contributed by atoms with Crippen LogP contribution >= 0.6 is 11.6 Å². The third kappa shape index (κ3) is 3.28. The number of hydrogen-bond donors (Lipinski definition) is 1. The van der Waals surface area contributed by atoms with Crippen LogP contribution in [-0.2, 0) is 16.6 Å². The van der Waals surface area contributed by atoms with E-state index in [1.807, 2.05) is 0 Å². The number of nitrogens with zero attached hydrogens (tertiary/aromatic N) is 3. The molecule has 2 rings (SSSR count).